The van der Waals surface area contributed by atoms with Crippen molar-refractivity contribution in [3.05, 3.63) is 60.4 Å². The number of hydrogen-bond donors (Lipinski definition) is 0. The number of terminal acetylenes is 1. The van der Waals surface area contributed by atoms with Gasteiger partial charge in [-0.1, -0.05) is 37.6 Å². The van der Waals surface area contributed by atoms with Gasteiger partial charge < -0.3 is 19.8 Å². The molecular weight excluding hydrogens is 463 g/mol. The van der Waals surface area contributed by atoms with Crippen molar-refractivity contribution in [3.8, 4) is 6.42 Å². The topological polar surface area (TPSA) is 0 Å². The molecule has 3 rings (SSSR count). The van der Waals surface area contributed by atoms with Crippen LogP contribution in [-0.4, -0.2) is 0 Å². The summed E-state index contributed by atoms with van der Waals surface area (Å²) in [6.07, 6.45) is 26.0. The summed E-state index contributed by atoms with van der Waals surface area (Å²) in [4.78, 5) is 0. The number of benzene rings is 1. The van der Waals surface area contributed by atoms with Crippen LogP contribution in [0.1, 0.15) is 98.0 Å². The van der Waals surface area contributed by atoms with Crippen molar-refractivity contribution in [2.75, 3.05) is 0 Å². The Balaban J connectivity index is -0.00000122. The van der Waals surface area contributed by atoms with Gasteiger partial charge in [0, 0.05) is 35.6 Å². The first-order valence-electron chi connectivity index (χ1n) is 11.7. The molecule has 0 bridgehead atoms. The van der Waals surface area contributed by atoms with Crippen molar-refractivity contribution >= 4 is 0 Å². The Labute approximate surface area is 218 Å². The third-order valence-electron chi connectivity index (χ3n) is 6.86. The molecule has 0 aliphatic heterocycles. The van der Waals surface area contributed by atoms with E-state index in [0.29, 0.717) is 11.1 Å². The molecule has 0 amide bonds. The molecule has 0 atom stereocenters. The zero-order valence-electron chi connectivity index (χ0n) is 19.8. The summed E-state index contributed by atoms with van der Waals surface area (Å²) in [5.41, 5.74) is 1.01. The molecule has 31 heavy (non-hydrogen) atoms. The zero-order chi connectivity index (χ0) is 22.5. The second-order valence-electron chi connectivity index (χ2n) is 8.60. The van der Waals surface area contributed by atoms with Gasteiger partial charge in [0.05, 0.1) is 0 Å². The third-order valence-corrected chi connectivity index (χ3v) is 6.86. The number of allylic oxidation sites excluding steroid dienone is 2. The Morgan fingerprint density at radius 3 is 2.00 bits per heavy atom. The molecule has 0 N–H and O–H groups in total. The minimum Gasteiger partial charge on any atom is -0.697 e. The normalized spacial score (nSPS) is 25.4. The van der Waals surface area contributed by atoms with E-state index in [1.807, 2.05) is 6.07 Å². The van der Waals surface area contributed by atoms with E-state index >= 15 is 0 Å². The quantitative estimate of drug-likeness (QED) is 0.212. The molecule has 2 aliphatic carbocycles. The van der Waals surface area contributed by atoms with Crippen molar-refractivity contribution in [1.29, 1.82) is 0 Å². The fourth-order valence-electron chi connectivity index (χ4n) is 5.14. The molecule has 2 aliphatic rings. The largest absolute Gasteiger partial charge is 0.697 e. The second kappa shape index (κ2) is 17.0. The van der Waals surface area contributed by atoms with E-state index in [1.165, 1.54) is 51.4 Å². The van der Waals surface area contributed by atoms with Crippen LogP contribution in [0, 0.1) is 56.1 Å². The second-order valence-corrected chi connectivity index (χ2v) is 8.60. The molecule has 0 heterocycles. The third kappa shape index (κ3) is 9.10. The SMILES string of the molecule is CCC/C=C/C1CCC(C2CCC(c3ccc(C)c(F)c3F)CC2)CC1.[C-]#C.[CH2-]C.[HH].[HH].[Y]. The Bertz CT molecular complexity index is 659. The first-order valence-corrected chi connectivity index (χ1v) is 11.7. The average Bonchev–Trinajstić information content (AvgIpc) is 2.81. The van der Waals surface area contributed by atoms with Crippen LogP contribution in [0.3, 0.4) is 0 Å². The molecule has 175 valence electrons. The van der Waals surface area contributed by atoms with Crippen LogP contribution < -0.4 is 0 Å². The molecular formula is C28H44F2Y-2. The van der Waals surface area contributed by atoms with Gasteiger partial charge in [0.25, 0.3) is 0 Å². The summed E-state index contributed by atoms with van der Waals surface area (Å²) in [6.45, 7) is 8.86. The maximum absolute atomic E-state index is 14.3. The molecule has 3 heteroatoms. The van der Waals surface area contributed by atoms with E-state index in [9.17, 15) is 8.78 Å². The first kappa shape index (κ1) is 30.5. The van der Waals surface area contributed by atoms with Crippen LogP contribution in [0.25, 0.3) is 0 Å². The number of halogens is 2. The van der Waals surface area contributed by atoms with Crippen LogP contribution >= 0.6 is 0 Å². The van der Waals surface area contributed by atoms with Crippen LogP contribution in [0.4, 0.5) is 8.78 Å². The maximum Gasteiger partial charge on any atom is 0.162 e. The van der Waals surface area contributed by atoms with Crippen molar-refractivity contribution in [3.63, 3.8) is 0 Å². The van der Waals surface area contributed by atoms with Crippen LogP contribution in [0.5, 0.6) is 0 Å². The van der Waals surface area contributed by atoms with E-state index in [-0.39, 0.29) is 41.5 Å². The van der Waals surface area contributed by atoms with Crippen LogP contribution in [0.2, 0.25) is 0 Å². The molecule has 0 unspecified atom stereocenters. The Kier molecular flexibility index (Phi) is 16.7. The van der Waals surface area contributed by atoms with Gasteiger partial charge in [-0.15, -0.1) is 0 Å². The summed E-state index contributed by atoms with van der Waals surface area (Å²) in [5, 5.41) is 0. The molecule has 0 nitrogen and oxygen atoms in total. The molecule has 1 aromatic carbocycles. The molecule has 2 fully saturated rings. The van der Waals surface area contributed by atoms with Gasteiger partial charge in [-0.3, -0.25) is 0 Å². The Hall–Kier alpha value is -0.516. The number of hydrogen-bond acceptors (Lipinski definition) is 0. The smallest absolute Gasteiger partial charge is 0.162 e. The minimum atomic E-state index is -0.654. The van der Waals surface area contributed by atoms with Gasteiger partial charge >= 0.3 is 0 Å². The van der Waals surface area contributed by atoms with E-state index in [4.69, 9.17) is 6.42 Å². The van der Waals surface area contributed by atoms with Crippen molar-refractivity contribution in [2.24, 2.45) is 17.8 Å². The molecule has 1 aromatic rings. The van der Waals surface area contributed by atoms with Crippen LogP contribution in [0.15, 0.2) is 24.3 Å². The average molecular weight is 508 g/mol. The predicted octanol–water partition coefficient (Wildman–Crippen LogP) is 9.25. The summed E-state index contributed by atoms with van der Waals surface area (Å²) in [5.74, 6) is 1.39. The van der Waals surface area contributed by atoms with Crippen molar-refractivity contribution in [2.45, 2.75) is 90.9 Å². The summed E-state index contributed by atoms with van der Waals surface area (Å²) in [6, 6.07) is 3.54. The zero-order valence-corrected chi connectivity index (χ0v) is 22.6. The fraction of sp³-hybridized carbons (Fsp3) is 0.607. The summed E-state index contributed by atoms with van der Waals surface area (Å²) < 4.78 is 28.2. The standard InChI is InChI=1S/C24H34F2.C2H5.C2H.Y.2H2/c1-3-4-5-6-18-8-10-19(11-9-18)20-12-14-21(15-13-20)22-16-7-17(2)23(25)24(22)26;2*1-2;;;/h5-7,16,18-21H,3-4,8-15H2,1-2H3;1H2,2H3;1H;;2*1H/q;2*-1;;;/b6-5+;;;;;. The Morgan fingerprint density at radius 2 is 1.48 bits per heavy atom. The molecule has 0 saturated heterocycles. The van der Waals surface area contributed by atoms with E-state index < -0.39 is 11.6 Å². The van der Waals surface area contributed by atoms with E-state index in [2.05, 4.69) is 32.4 Å². The molecule has 2 saturated carbocycles. The van der Waals surface area contributed by atoms with Gasteiger partial charge in [0.1, 0.15) is 0 Å². The summed E-state index contributed by atoms with van der Waals surface area (Å²) >= 11 is 0. The van der Waals surface area contributed by atoms with Gasteiger partial charge in [-0.2, -0.15) is 6.92 Å². The molecule has 0 aromatic heterocycles. The molecule has 0 spiro atoms. The first-order chi connectivity index (χ1) is 14.6. The van der Waals surface area contributed by atoms with Gasteiger partial charge in [0.2, 0.25) is 0 Å². The number of unbranched alkanes of at least 4 members (excludes halogenated alkanes) is 1. The van der Waals surface area contributed by atoms with E-state index in [0.717, 1.165) is 30.6 Å². The van der Waals surface area contributed by atoms with Crippen LogP contribution in [-0.2, 0) is 32.7 Å². The monoisotopic (exact) mass is 507 g/mol. The minimum absolute atomic E-state index is 0. The van der Waals surface area contributed by atoms with Crippen molar-refractivity contribution in [1.82, 2.24) is 0 Å². The van der Waals surface area contributed by atoms with Crippen molar-refractivity contribution < 1.29 is 44.3 Å². The number of rotatable bonds is 5. The van der Waals surface area contributed by atoms with Gasteiger partial charge in [-0.25, -0.2) is 8.78 Å². The number of aryl methyl sites for hydroxylation is 1. The predicted molar refractivity (Wildman–Crippen MR) is 129 cm³/mol. The Morgan fingerprint density at radius 1 is 0.968 bits per heavy atom. The van der Waals surface area contributed by atoms with Gasteiger partial charge in [0.15, 0.2) is 11.6 Å². The molecule has 1 radical (unpaired) electrons. The van der Waals surface area contributed by atoms with Gasteiger partial charge in [-0.05, 0) is 99.5 Å². The summed E-state index contributed by atoms with van der Waals surface area (Å²) in [7, 11) is 0. The fourth-order valence-corrected chi connectivity index (χ4v) is 5.14. The van der Waals surface area contributed by atoms with E-state index in [1.54, 1.807) is 19.9 Å². The maximum atomic E-state index is 14.3.